The maximum absolute atomic E-state index is 5.23. The van der Waals surface area contributed by atoms with Crippen LogP contribution in [0.2, 0.25) is 0 Å². The molecule has 2 unspecified atom stereocenters. The molecule has 2 atom stereocenters. The molecule has 0 aliphatic rings. The average Bonchev–Trinajstić information content (AvgIpc) is 2.33. The predicted octanol–water partition coefficient (Wildman–Crippen LogP) is 2.76. The van der Waals surface area contributed by atoms with Crippen molar-refractivity contribution in [3.05, 3.63) is 0 Å². The second kappa shape index (κ2) is 8.89. The molecule has 0 saturated carbocycles. The fourth-order valence-corrected chi connectivity index (χ4v) is 2.16. The summed E-state index contributed by atoms with van der Waals surface area (Å²) in [6, 6.07) is 1.14. The van der Waals surface area contributed by atoms with E-state index in [1.807, 2.05) is 0 Å². The van der Waals surface area contributed by atoms with Crippen molar-refractivity contribution in [1.82, 2.24) is 10.2 Å². The Labute approximate surface area is 114 Å². The van der Waals surface area contributed by atoms with E-state index < -0.39 is 0 Å². The van der Waals surface area contributed by atoms with Crippen molar-refractivity contribution >= 4 is 0 Å². The van der Waals surface area contributed by atoms with Crippen LogP contribution in [0.5, 0.6) is 0 Å². The van der Waals surface area contributed by atoms with Gasteiger partial charge in [0, 0.05) is 32.3 Å². The molecule has 0 heterocycles. The monoisotopic (exact) mass is 258 g/mol. The van der Waals surface area contributed by atoms with E-state index in [0.717, 1.165) is 26.2 Å². The van der Waals surface area contributed by atoms with Crippen LogP contribution in [0.3, 0.4) is 0 Å². The maximum atomic E-state index is 5.23. The van der Waals surface area contributed by atoms with Crippen LogP contribution in [-0.2, 0) is 4.74 Å². The van der Waals surface area contributed by atoms with E-state index in [-0.39, 0.29) is 5.41 Å². The zero-order chi connectivity index (χ0) is 14.2. The third-order valence-corrected chi connectivity index (χ3v) is 4.09. The quantitative estimate of drug-likeness (QED) is 0.652. The molecule has 110 valence electrons. The standard InChI is InChI=1S/C15H34N2O/c1-8-13(3)17(10-11-18-7)12-15(5,6)14(4)16-9-2/h13-14,16H,8-12H2,1-7H3. The normalized spacial score (nSPS) is 16.0. The second-order valence-corrected chi connectivity index (χ2v) is 5.99. The van der Waals surface area contributed by atoms with Gasteiger partial charge in [-0.3, -0.25) is 4.90 Å². The third-order valence-electron chi connectivity index (χ3n) is 4.09. The Morgan fingerprint density at radius 1 is 1.22 bits per heavy atom. The molecule has 0 radical (unpaired) electrons. The Hall–Kier alpha value is -0.120. The van der Waals surface area contributed by atoms with Gasteiger partial charge in [0.2, 0.25) is 0 Å². The number of ether oxygens (including phenoxy) is 1. The van der Waals surface area contributed by atoms with E-state index in [2.05, 4.69) is 51.8 Å². The van der Waals surface area contributed by atoms with Crippen molar-refractivity contribution in [2.24, 2.45) is 5.41 Å². The van der Waals surface area contributed by atoms with Gasteiger partial charge in [-0.1, -0.05) is 27.7 Å². The van der Waals surface area contributed by atoms with Crippen LogP contribution in [0.1, 0.15) is 48.0 Å². The molecule has 3 nitrogen and oxygen atoms in total. The van der Waals surface area contributed by atoms with Gasteiger partial charge >= 0.3 is 0 Å². The third kappa shape index (κ3) is 6.17. The maximum Gasteiger partial charge on any atom is 0.0589 e. The Morgan fingerprint density at radius 2 is 1.83 bits per heavy atom. The molecule has 0 aromatic heterocycles. The highest BCUT2D eigenvalue weighted by Gasteiger charge is 2.29. The Kier molecular flexibility index (Phi) is 8.83. The van der Waals surface area contributed by atoms with Gasteiger partial charge in [0.25, 0.3) is 0 Å². The molecule has 18 heavy (non-hydrogen) atoms. The zero-order valence-corrected chi connectivity index (χ0v) is 13.5. The highest BCUT2D eigenvalue weighted by atomic mass is 16.5. The van der Waals surface area contributed by atoms with E-state index in [1.165, 1.54) is 6.42 Å². The van der Waals surface area contributed by atoms with Gasteiger partial charge in [0.05, 0.1) is 6.61 Å². The minimum Gasteiger partial charge on any atom is -0.383 e. The lowest BCUT2D eigenvalue weighted by atomic mass is 9.84. The van der Waals surface area contributed by atoms with Crippen LogP contribution < -0.4 is 5.32 Å². The minimum absolute atomic E-state index is 0.271. The number of hydrogen-bond donors (Lipinski definition) is 1. The molecule has 0 amide bonds. The molecule has 1 N–H and O–H groups in total. The summed E-state index contributed by atoms with van der Waals surface area (Å²) in [6.07, 6.45) is 1.19. The van der Waals surface area contributed by atoms with Crippen LogP contribution >= 0.6 is 0 Å². The minimum atomic E-state index is 0.271. The summed E-state index contributed by atoms with van der Waals surface area (Å²) < 4.78 is 5.23. The van der Waals surface area contributed by atoms with Crippen molar-refractivity contribution in [2.75, 3.05) is 33.4 Å². The molecule has 0 rings (SSSR count). The second-order valence-electron chi connectivity index (χ2n) is 5.99. The van der Waals surface area contributed by atoms with Crippen molar-refractivity contribution < 1.29 is 4.74 Å². The first kappa shape index (κ1) is 17.9. The Bertz CT molecular complexity index is 207. The summed E-state index contributed by atoms with van der Waals surface area (Å²) >= 11 is 0. The van der Waals surface area contributed by atoms with Crippen molar-refractivity contribution in [2.45, 2.75) is 60.0 Å². The Balaban J connectivity index is 4.52. The number of methoxy groups -OCH3 is 1. The first-order valence-electron chi connectivity index (χ1n) is 7.35. The van der Waals surface area contributed by atoms with Gasteiger partial charge < -0.3 is 10.1 Å². The largest absolute Gasteiger partial charge is 0.383 e. The van der Waals surface area contributed by atoms with Crippen LogP contribution in [0.15, 0.2) is 0 Å². The molecule has 0 aromatic carbocycles. The van der Waals surface area contributed by atoms with Crippen molar-refractivity contribution in [1.29, 1.82) is 0 Å². The van der Waals surface area contributed by atoms with Crippen LogP contribution in [0, 0.1) is 5.41 Å². The lowest BCUT2D eigenvalue weighted by Crippen LogP contribution is -2.49. The summed E-state index contributed by atoms with van der Waals surface area (Å²) in [5.41, 5.74) is 0.271. The van der Waals surface area contributed by atoms with Crippen LogP contribution in [0.25, 0.3) is 0 Å². The summed E-state index contributed by atoms with van der Waals surface area (Å²) in [5.74, 6) is 0. The lowest BCUT2D eigenvalue weighted by Gasteiger charge is -2.40. The lowest BCUT2D eigenvalue weighted by molar-refractivity contribution is 0.0767. The fourth-order valence-electron chi connectivity index (χ4n) is 2.16. The first-order valence-corrected chi connectivity index (χ1v) is 7.35. The molecule has 0 aliphatic carbocycles. The molecule has 3 heteroatoms. The molecule has 0 spiro atoms. The van der Waals surface area contributed by atoms with E-state index in [1.54, 1.807) is 7.11 Å². The molecule has 0 saturated heterocycles. The summed E-state index contributed by atoms with van der Waals surface area (Å²) in [5, 5.41) is 3.55. The van der Waals surface area contributed by atoms with E-state index in [4.69, 9.17) is 4.74 Å². The smallest absolute Gasteiger partial charge is 0.0589 e. The summed E-state index contributed by atoms with van der Waals surface area (Å²) in [6.45, 7) is 17.7. The molecule has 0 aliphatic heterocycles. The zero-order valence-electron chi connectivity index (χ0n) is 13.5. The SMILES string of the molecule is CCNC(C)C(C)(C)CN(CCOC)C(C)CC. The van der Waals surface area contributed by atoms with Gasteiger partial charge in [-0.25, -0.2) is 0 Å². The van der Waals surface area contributed by atoms with Crippen molar-refractivity contribution in [3.8, 4) is 0 Å². The topological polar surface area (TPSA) is 24.5 Å². The van der Waals surface area contributed by atoms with Gasteiger partial charge in [0.15, 0.2) is 0 Å². The molecule has 0 aromatic rings. The van der Waals surface area contributed by atoms with Crippen LogP contribution in [0.4, 0.5) is 0 Å². The van der Waals surface area contributed by atoms with Crippen molar-refractivity contribution in [3.63, 3.8) is 0 Å². The van der Waals surface area contributed by atoms with Gasteiger partial charge in [-0.15, -0.1) is 0 Å². The van der Waals surface area contributed by atoms with Gasteiger partial charge in [0.1, 0.15) is 0 Å². The highest BCUT2D eigenvalue weighted by molar-refractivity contribution is 4.85. The molecular weight excluding hydrogens is 224 g/mol. The van der Waals surface area contributed by atoms with E-state index >= 15 is 0 Å². The molecule has 0 bridgehead atoms. The summed E-state index contributed by atoms with van der Waals surface area (Å²) in [7, 11) is 1.78. The predicted molar refractivity (Wildman–Crippen MR) is 80.1 cm³/mol. The number of hydrogen-bond acceptors (Lipinski definition) is 3. The fraction of sp³-hybridized carbons (Fsp3) is 1.00. The van der Waals surface area contributed by atoms with Gasteiger partial charge in [-0.2, -0.15) is 0 Å². The average molecular weight is 258 g/mol. The molecule has 0 fully saturated rings. The highest BCUT2D eigenvalue weighted by Crippen LogP contribution is 2.23. The summed E-state index contributed by atoms with van der Waals surface area (Å²) in [4.78, 5) is 2.55. The first-order chi connectivity index (χ1) is 8.38. The van der Waals surface area contributed by atoms with Crippen LogP contribution in [-0.4, -0.2) is 50.3 Å². The molecular formula is C15H34N2O. The Morgan fingerprint density at radius 3 is 2.28 bits per heavy atom. The number of nitrogens with zero attached hydrogens (tertiary/aromatic N) is 1. The van der Waals surface area contributed by atoms with E-state index in [0.29, 0.717) is 12.1 Å². The number of nitrogens with one attached hydrogen (secondary N) is 1. The van der Waals surface area contributed by atoms with E-state index in [9.17, 15) is 0 Å². The van der Waals surface area contributed by atoms with Gasteiger partial charge in [-0.05, 0) is 32.2 Å². The number of rotatable bonds is 10.